The SMILES string of the molecule is CCOc1ccc(CCc2cc(F)c(C#Cc3ccc4c(F)c(F)ccc4c3)c(F)c2)c(F)c1. The summed E-state index contributed by atoms with van der Waals surface area (Å²) in [4.78, 5) is 0. The molecule has 0 saturated heterocycles. The molecule has 0 atom stereocenters. The number of aryl methyl sites for hydroxylation is 2. The summed E-state index contributed by atoms with van der Waals surface area (Å²) < 4.78 is 75.8. The van der Waals surface area contributed by atoms with Crippen molar-refractivity contribution in [1.29, 1.82) is 0 Å². The highest BCUT2D eigenvalue weighted by Crippen LogP contribution is 2.23. The molecule has 4 aromatic carbocycles. The Balaban J connectivity index is 1.52. The number of hydrogen-bond acceptors (Lipinski definition) is 1. The summed E-state index contributed by atoms with van der Waals surface area (Å²) in [5.74, 6) is 1.54. The number of rotatable bonds is 5. The van der Waals surface area contributed by atoms with Crippen molar-refractivity contribution in [3.8, 4) is 17.6 Å². The summed E-state index contributed by atoms with van der Waals surface area (Å²) in [5.41, 5.74) is 0.784. The summed E-state index contributed by atoms with van der Waals surface area (Å²) >= 11 is 0. The molecule has 6 heteroatoms. The first kappa shape index (κ1) is 23.3. The molecule has 0 aliphatic carbocycles. The highest BCUT2D eigenvalue weighted by molar-refractivity contribution is 5.84. The lowest BCUT2D eigenvalue weighted by Gasteiger charge is -2.08. The highest BCUT2D eigenvalue weighted by atomic mass is 19.2. The van der Waals surface area contributed by atoms with Crippen molar-refractivity contribution in [2.45, 2.75) is 19.8 Å². The number of benzene rings is 4. The predicted molar refractivity (Wildman–Crippen MR) is 121 cm³/mol. The monoisotopic (exact) mass is 466 g/mol. The molecular weight excluding hydrogens is 447 g/mol. The molecule has 0 heterocycles. The molecule has 4 rings (SSSR count). The molecule has 0 unspecified atom stereocenters. The second kappa shape index (κ2) is 9.96. The molecule has 0 aliphatic rings. The van der Waals surface area contributed by atoms with E-state index in [1.54, 1.807) is 19.1 Å². The molecule has 0 fully saturated rings. The van der Waals surface area contributed by atoms with Gasteiger partial charge in [0.2, 0.25) is 0 Å². The van der Waals surface area contributed by atoms with Crippen LogP contribution in [-0.4, -0.2) is 6.61 Å². The standard InChI is InChI=1S/C28H19F5O/c1-2-34-21-9-7-19(25(30)16-21)6-3-18-14-26(31)23(27(32)15-18)11-5-17-4-10-22-20(13-17)8-12-24(29)28(22)33/h4,7-10,12-16H,2-3,6H2,1H3. The molecule has 0 N–H and O–H groups in total. The van der Waals surface area contributed by atoms with Gasteiger partial charge < -0.3 is 4.74 Å². The first-order chi connectivity index (χ1) is 16.4. The number of hydrogen-bond donors (Lipinski definition) is 0. The van der Waals surface area contributed by atoms with Crippen molar-refractivity contribution in [3.63, 3.8) is 0 Å². The van der Waals surface area contributed by atoms with Gasteiger partial charge in [-0.2, -0.15) is 0 Å². The van der Waals surface area contributed by atoms with Crippen LogP contribution >= 0.6 is 0 Å². The fourth-order valence-electron chi connectivity index (χ4n) is 3.63. The number of fused-ring (bicyclic) bond motifs is 1. The minimum atomic E-state index is -0.963. The van der Waals surface area contributed by atoms with E-state index in [4.69, 9.17) is 4.74 Å². The number of ether oxygens (including phenoxy) is 1. The van der Waals surface area contributed by atoms with Gasteiger partial charge in [-0.15, -0.1) is 0 Å². The third kappa shape index (κ3) is 5.04. The van der Waals surface area contributed by atoms with Crippen LogP contribution < -0.4 is 4.74 Å². The van der Waals surface area contributed by atoms with Crippen LogP contribution in [0.25, 0.3) is 10.8 Å². The van der Waals surface area contributed by atoms with Crippen LogP contribution in [0.4, 0.5) is 22.0 Å². The maximum absolute atomic E-state index is 14.6. The zero-order chi connectivity index (χ0) is 24.2. The number of halogens is 5. The molecule has 172 valence electrons. The van der Waals surface area contributed by atoms with Crippen LogP contribution in [0.1, 0.15) is 29.2 Å². The predicted octanol–water partition coefficient (Wildman–Crippen LogP) is 7.12. The Hall–Kier alpha value is -3.85. The van der Waals surface area contributed by atoms with E-state index < -0.39 is 34.6 Å². The Bertz CT molecular complexity index is 1410. The lowest BCUT2D eigenvalue weighted by molar-refractivity contribution is 0.338. The molecular formula is C28H19F5O. The van der Waals surface area contributed by atoms with Crippen LogP contribution in [0.15, 0.2) is 60.7 Å². The van der Waals surface area contributed by atoms with E-state index >= 15 is 0 Å². The van der Waals surface area contributed by atoms with E-state index in [9.17, 15) is 22.0 Å². The zero-order valence-corrected chi connectivity index (χ0v) is 18.2. The summed E-state index contributed by atoms with van der Waals surface area (Å²) in [5, 5.41) is 0.514. The van der Waals surface area contributed by atoms with E-state index in [1.807, 2.05) is 0 Å². The molecule has 0 bridgehead atoms. The van der Waals surface area contributed by atoms with Gasteiger partial charge in [0.05, 0.1) is 12.2 Å². The van der Waals surface area contributed by atoms with E-state index in [0.717, 1.165) is 6.07 Å². The van der Waals surface area contributed by atoms with Crippen LogP contribution in [-0.2, 0) is 12.8 Å². The Morgan fingerprint density at radius 3 is 2.18 bits per heavy atom. The van der Waals surface area contributed by atoms with Gasteiger partial charge in [0.1, 0.15) is 23.2 Å². The van der Waals surface area contributed by atoms with Crippen LogP contribution in [0.5, 0.6) is 5.75 Å². The summed E-state index contributed by atoms with van der Waals surface area (Å²) in [6.07, 6.45) is 0.496. The molecule has 1 nitrogen and oxygen atoms in total. The van der Waals surface area contributed by atoms with Crippen LogP contribution in [0.3, 0.4) is 0 Å². The van der Waals surface area contributed by atoms with Gasteiger partial charge in [0.25, 0.3) is 0 Å². The Morgan fingerprint density at radius 2 is 1.47 bits per heavy atom. The van der Waals surface area contributed by atoms with Gasteiger partial charge >= 0.3 is 0 Å². The minimum Gasteiger partial charge on any atom is -0.494 e. The third-order valence-corrected chi connectivity index (χ3v) is 5.36. The minimum absolute atomic E-state index is 0.0937. The zero-order valence-electron chi connectivity index (χ0n) is 18.2. The maximum atomic E-state index is 14.6. The van der Waals surface area contributed by atoms with Gasteiger partial charge in [-0.3, -0.25) is 0 Å². The highest BCUT2D eigenvalue weighted by Gasteiger charge is 2.12. The van der Waals surface area contributed by atoms with Gasteiger partial charge in [0, 0.05) is 17.0 Å². The normalized spacial score (nSPS) is 10.8. The van der Waals surface area contributed by atoms with Gasteiger partial charge in [0.15, 0.2) is 11.6 Å². The second-order valence-corrected chi connectivity index (χ2v) is 7.67. The van der Waals surface area contributed by atoms with Crippen molar-refractivity contribution >= 4 is 10.8 Å². The molecule has 0 radical (unpaired) electrons. The van der Waals surface area contributed by atoms with E-state index in [0.29, 0.717) is 34.4 Å². The smallest absolute Gasteiger partial charge is 0.166 e. The Morgan fingerprint density at radius 1 is 0.706 bits per heavy atom. The van der Waals surface area contributed by atoms with Gasteiger partial charge in [-0.1, -0.05) is 30.0 Å². The molecule has 0 spiro atoms. The second-order valence-electron chi connectivity index (χ2n) is 7.67. The first-order valence-electron chi connectivity index (χ1n) is 10.6. The van der Waals surface area contributed by atoms with E-state index in [1.165, 1.54) is 42.5 Å². The largest absolute Gasteiger partial charge is 0.494 e. The molecule has 4 aromatic rings. The lowest BCUT2D eigenvalue weighted by atomic mass is 10.0. The first-order valence-corrected chi connectivity index (χ1v) is 10.6. The summed E-state index contributed by atoms with van der Waals surface area (Å²) in [6.45, 7) is 2.22. The van der Waals surface area contributed by atoms with Crippen LogP contribution in [0, 0.1) is 40.9 Å². The van der Waals surface area contributed by atoms with Crippen LogP contribution in [0.2, 0.25) is 0 Å². The van der Waals surface area contributed by atoms with Crippen molar-refractivity contribution < 1.29 is 26.7 Å². The van der Waals surface area contributed by atoms with Crippen molar-refractivity contribution in [2.75, 3.05) is 6.61 Å². The van der Waals surface area contributed by atoms with Gasteiger partial charge in [-0.25, -0.2) is 22.0 Å². The fraction of sp³-hybridized carbons (Fsp3) is 0.143. The van der Waals surface area contributed by atoms with Gasteiger partial charge in [-0.05, 0) is 72.7 Å². The Kier molecular flexibility index (Phi) is 6.83. The van der Waals surface area contributed by atoms with Crippen molar-refractivity contribution in [2.24, 2.45) is 0 Å². The third-order valence-electron chi connectivity index (χ3n) is 5.36. The summed E-state index contributed by atoms with van der Waals surface area (Å²) in [6, 6.07) is 13.6. The molecule has 0 saturated carbocycles. The lowest BCUT2D eigenvalue weighted by Crippen LogP contribution is -2.00. The maximum Gasteiger partial charge on any atom is 0.166 e. The van der Waals surface area contributed by atoms with E-state index in [2.05, 4.69) is 11.8 Å². The Labute approximate surface area is 193 Å². The quantitative estimate of drug-likeness (QED) is 0.225. The molecule has 34 heavy (non-hydrogen) atoms. The topological polar surface area (TPSA) is 9.23 Å². The summed E-state index contributed by atoms with van der Waals surface area (Å²) in [7, 11) is 0. The average Bonchev–Trinajstić information content (AvgIpc) is 2.80. The van der Waals surface area contributed by atoms with Crippen molar-refractivity contribution in [1.82, 2.24) is 0 Å². The average molecular weight is 466 g/mol. The fourth-order valence-corrected chi connectivity index (χ4v) is 3.63. The molecule has 0 amide bonds. The molecule has 0 aliphatic heterocycles. The van der Waals surface area contributed by atoms with Crippen molar-refractivity contribution in [3.05, 3.63) is 112 Å². The van der Waals surface area contributed by atoms with E-state index in [-0.39, 0.29) is 18.2 Å². The molecule has 0 aromatic heterocycles.